The predicted molar refractivity (Wildman–Crippen MR) is 52.9 cm³/mol. The van der Waals surface area contributed by atoms with E-state index < -0.39 is 0 Å². The molecule has 1 saturated carbocycles. The monoisotopic (exact) mass is 201 g/mol. The number of carbonyl (C=O) groups is 1. The van der Waals surface area contributed by atoms with Crippen molar-refractivity contribution in [1.29, 1.82) is 0 Å². The lowest BCUT2D eigenvalue weighted by atomic mass is 10.0. The zero-order chi connectivity index (χ0) is 10.6. The zero-order valence-corrected chi connectivity index (χ0v) is 8.95. The van der Waals surface area contributed by atoms with Gasteiger partial charge < -0.3 is 14.7 Å². The number of aliphatic hydroxyl groups excluding tert-OH is 1. The van der Waals surface area contributed by atoms with Gasteiger partial charge in [0.25, 0.3) is 0 Å². The fourth-order valence-electron chi connectivity index (χ4n) is 1.68. The molecular formula is C10H19NO3. The van der Waals surface area contributed by atoms with Gasteiger partial charge in [0.1, 0.15) is 0 Å². The number of methoxy groups -OCH3 is 1. The van der Waals surface area contributed by atoms with Crippen molar-refractivity contribution in [2.24, 2.45) is 5.41 Å². The van der Waals surface area contributed by atoms with E-state index in [2.05, 4.69) is 0 Å². The van der Waals surface area contributed by atoms with E-state index in [9.17, 15) is 4.79 Å². The van der Waals surface area contributed by atoms with Crippen molar-refractivity contribution in [2.75, 3.05) is 33.9 Å². The molecule has 0 aromatic heterocycles. The van der Waals surface area contributed by atoms with Gasteiger partial charge in [-0.2, -0.15) is 0 Å². The number of hydrogen-bond acceptors (Lipinski definition) is 3. The summed E-state index contributed by atoms with van der Waals surface area (Å²) in [5.41, 5.74) is -0.167. The van der Waals surface area contributed by atoms with Crippen molar-refractivity contribution in [3.63, 3.8) is 0 Å². The van der Waals surface area contributed by atoms with Crippen LogP contribution in [-0.2, 0) is 9.53 Å². The van der Waals surface area contributed by atoms with Crippen molar-refractivity contribution >= 4 is 5.91 Å². The number of rotatable bonds is 6. The Morgan fingerprint density at radius 2 is 2.21 bits per heavy atom. The smallest absolute Gasteiger partial charge is 0.228 e. The van der Waals surface area contributed by atoms with E-state index in [1.165, 1.54) is 0 Å². The van der Waals surface area contributed by atoms with Gasteiger partial charge in [-0.05, 0) is 19.3 Å². The molecule has 0 saturated heterocycles. The molecule has 0 atom stereocenters. The average molecular weight is 201 g/mol. The number of hydrogen-bond donors (Lipinski definition) is 1. The van der Waals surface area contributed by atoms with E-state index in [0.717, 1.165) is 19.3 Å². The molecule has 0 aromatic carbocycles. The van der Waals surface area contributed by atoms with Crippen molar-refractivity contribution in [3.05, 3.63) is 0 Å². The highest BCUT2D eigenvalue weighted by atomic mass is 16.5. The second-order valence-electron chi connectivity index (χ2n) is 3.97. The zero-order valence-electron chi connectivity index (χ0n) is 8.95. The Morgan fingerprint density at radius 1 is 1.57 bits per heavy atom. The summed E-state index contributed by atoms with van der Waals surface area (Å²) in [7, 11) is 3.39. The standard InChI is InChI=1S/C10H19NO3/c1-11(6-7-12)9(13)10(3-4-10)5-8-14-2/h12H,3-8H2,1-2H3. The first-order chi connectivity index (χ1) is 6.66. The fourth-order valence-corrected chi connectivity index (χ4v) is 1.68. The van der Waals surface area contributed by atoms with Crippen LogP contribution in [0.4, 0.5) is 0 Å². The largest absolute Gasteiger partial charge is 0.395 e. The summed E-state index contributed by atoms with van der Waals surface area (Å²) in [4.78, 5) is 13.5. The minimum atomic E-state index is -0.167. The van der Waals surface area contributed by atoms with Gasteiger partial charge in [0, 0.05) is 27.3 Å². The van der Waals surface area contributed by atoms with Crippen LogP contribution in [0.2, 0.25) is 0 Å². The van der Waals surface area contributed by atoms with Crippen LogP contribution in [0.3, 0.4) is 0 Å². The van der Waals surface area contributed by atoms with E-state index in [-0.39, 0.29) is 17.9 Å². The molecule has 0 radical (unpaired) electrons. The lowest BCUT2D eigenvalue weighted by molar-refractivity contribution is -0.136. The van der Waals surface area contributed by atoms with Gasteiger partial charge in [-0.25, -0.2) is 0 Å². The molecule has 4 heteroatoms. The van der Waals surface area contributed by atoms with Crippen LogP contribution in [0.5, 0.6) is 0 Å². The number of likely N-dealkylation sites (N-methyl/N-ethyl adjacent to an activating group) is 1. The molecule has 14 heavy (non-hydrogen) atoms. The van der Waals surface area contributed by atoms with Crippen LogP contribution in [0.15, 0.2) is 0 Å². The van der Waals surface area contributed by atoms with Gasteiger partial charge in [-0.15, -0.1) is 0 Å². The Hall–Kier alpha value is -0.610. The van der Waals surface area contributed by atoms with Crippen LogP contribution >= 0.6 is 0 Å². The summed E-state index contributed by atoms with van der Waals surface area (Å²) in [5.74, 6) is 0.156. The Labute approximate surface area is 84.8 Å². The molecule has 0 spiro atoms. The van der Waals surface area contributed by atoms with E-state index >= 15 is 0 Å². The minimum Gasteiger partial charge on any atom is -0.395 e. The molecule has 1 aliphatic carbocycles. The van der Waals surface area contributed by atoms with Gasteiger partial charge in [-0.1, -0.05) is 0 Å². The SMILES string of the molecule is COCCC1(C(=O)N(C)CCO)CC1. The van der Waals surface area contributed by atoms with Gasteiger partial charge >= 0.3 is 0 Å². The molecule has 0 aromatic rings. The van der Waals surface area contributed by atoms with E-state index in [1.807, 2.05) is 0 Å². The third kappa shape index (κ3) is 2.45. The number of nitrogens with zero attached hydrogens (tertiary/aromatic N) is 1. The van der Waals surface area contributed by atoms with Crippen LogP contribution in [0.1, 0.15) is 19.3 Å². The molecule has 1 amide bonds. The van der Waals surface area contributed by atoms with Crippen molar-refractivity contribution in [1.82, 2.24) is 4.90 Å². The first kappa shape index (κ1) is 11.5. The highest BCUT2D eigenvalue weighted by Gasteiger charge is 2.50. The molecule has 1 aliphatic rings. The average Bonchev–Trinajstić information content (AvgIpc) is 2.95. The molecular weight excluding hydrogens is 182 g/mol. The van der Waals surface area contributed by atoms with Crippen LogP contribution in [0, 0.1) is 5.41 Å². The first-order valence-electron chi connectivity index (χ1n) is 5.01. The normalized spacial score (nSPS) is 17.9. The maximum absolute atomic E-state index is 11.9. The number of aliphatic hydroxyl groups is 1. The molecule has 1 N–H and O–H groups in total. The summed E-state index contributed by atoms with van der Waals surface area (Å²) >= 11 is 0. The minimum absolute atomic E-state index is 0.0304. The van der Waals surface area contributed by atoms with Gasteiger partial charge in [-0.3, -0.25) is 4.79 Å². The summed E-state index contributed by atoms with van der Waals surface area (Å²) < 4.78 is 4.99. The summed E-state index contributed by atoms with van der Waals surface area (Å²) in [6.07, 6.45) is 2.73. The van der Waals surface area contributed by atoms with Gasteiger partial charge in [0.05, 0.1) is 12.0 Å². The molecule has 0 unspecified atom stereocenters. The quantitative estimate of drug-likeness (QED) is 0.670. The highest BCUT2D eigenvalue weighted by molar-refractivity contribution is 5.85. The summed E-state index contributed by atoms with van der Waals surface area (Å²) in [6.45, 7) is 1.09. The van der Waals surface area contributed by atoms with Crippen molar-refractivity contribution in [3.8, 4) is 0 Å². The molecule has 1 fully saturated rings. The molecule has 0 aliphatic heterocycles. The molecule has 4 nitrogen and oxygen atoms in total. The third-order valence-corrected chi connectivity index (χ3v) is 2.87. The maximum Gasteiger partial charge on any atom is 0.228 e. The lowest BCUT2D eigenvalue weighted by Crippen LogP contribution is -2.36. The van der Waals surface area contributed by atoms with Crippen molar-refractivity contribution in [2.45, 2.75) is 19.3 Å². The Bertz CT molecular complexity index is 202. The molecule has 82 valence electrons. The van der Waals surface area contributed by atoms with E-state index in [1.54, 1.807) is 19.1 Å². The molecule has 1 rings (SSSR count). The van der Waals surface area contributed by atoms with Gasteiger partial charge in [0.15, 0.2) is 0 Å². The number of ether oxygens (including phenoxy) is 1. The Kier molecular flexibility index (Phi) is 3.89. The highest BCUT2D eigenvalue weighted by Crippen LogP contribution is 2.50. The Morgan fingerprint density at radius 3 is 2.64 bits per heavy atom. The maximum atomic E-state index is 11.9. The lowest BCUT2D eigenvalue weighted by Gasteiger charge is -2.22. The van der Waals surface area contributed by atoms with Crippen molar-refractivity contribution < 1.29 is 14.6 Å². The van der Waals surface area contributed by atoms with Gasteiger partial charge in [0.2, 0.25) is 5.91 Å². The topological polar surface area (TPSA) is 49.8 Å². The van der Waals surface area contributed by atoms with E-state index in [4.69, 9.17) is 9.84 Å². The van der Waals surface area contributed by atoms with Crippen LogP contribution in [-0.4, -0.2) is 49.8 Å². The number of carbonyl (C=O) groups excluding carboxylic acids is 1. The second-order valence-corrected chi connectivity index (χ2v) is 3.97. The summed E-state index contributed by atoms with van der Waals surface area (Å²) in [5, 5.41) is 8.73. The predicted octanol–water partition coefficient (Wildman–Crippen LogP) is 0.254. The third-order valence-electron chi connectivity index (χ3n) is 2.87. The second kappa shape index (κ2) is 4.75. The van der Waals surface area contributed by atoms with E-state index in [0.29, 0.717) is 13.2 Å². The van der Waals surface area contributed by atoms with Crippen LogP contribution < -0.4 is 0 Å². The first-order valence-corrected chi connectivity index (χ1v) is 5.01. The Balaban J connectivity index is 2.42. The van der Waals surface area contributed by atoms with Crippen LogP contribution in [0.25, 0.3) is 0 Å². The number of amides is 1. The molecule has 0 heterocycles. The summed E-state index contributed by atoms with van der Waals surface area (Å²) in [6, 6.07) is 0. The fraction of sp³-hybridized carbons (Fsp3) is 0.900. The molecule has 0 bridgehead atoms.